The second-order valence-electron chi connectivity index (χ2n) is 4.01. The van der Waals surface area contributed by atoms with E-state index in [9.17, 15) is 13.2 Å². The standard InChI is InChI=1S/C9H19N3O4S/c1-3-16-9(13)11-17(14,15)12-5-4-7(2)8(12)6-10/h7-8H,3-6,10H2,1-2H3,(H,11,13). The zero-order chi connectivity index (χ0) is 13.1. The molecule has 3 N–H and O–H groups in total. The van der Waals surface area contributed by atoms with Gasteiger partial charge in [0, 0.05) is 19.1 Å². The molecule has 0 aromatic rings. The minimum Gasteiger partial charge on any atom is -0.449 e. The predicted molar refractivity (Wildman–Crippen MR) is 62.4 cm³/mol. The first-order valence-corrected chi connectivity index (χ1v) is 7.02. The van der Waals surface area contributed by atoms with Crippen molar-refractivity contribution in [1.29, 1.82) is 0 Å². The molecule has 1 aliphatic heterocycles. The molecule has 0 spiro atoms. The maximum Gasteiger partial charge on any atom is 0.421 e. The molecular formula is C9H19N3O4S. The SMILES string of the molecule is CCOC(=O)NS(=O)(=O)N1CCC(C)C1CN. The van der Waals surface area contributed by atoms with Gasteiger partial charge in [-0.1, -0.05) is 6.92 Å². The van der Waals surface area contributed by atoms with Crippen LogP contribution >= 0.6 is 0 Å². The minimum atomic E-state index is -3.85. The molecule has 0 aliphatic carbocycles. The number of nitrogens with one attached hydrogen (secondary N) is 1. The first kappa shape index (κ1) is 14.2. The Morgan fingerprint density at radius 2 is 2.24 bits per heavy atom. The zero-order valence-corrected chi connectivity index (χ0v) is 10.9. The molecule has 8 heteroatoms. The van der Waals surface area contributed by atoms with E-state index in [1.165, 1.54) is 4.31 Å². The van der Waals surface area contributed by atoms with Crippen LogP contribution in [-0.2, 0) is 14.9 Å². The normalized spacial score (nSPS) is 25.8. The van der Waals surface area contributed by atoms with Gasteiger partial charge in [-0.2, -0.15) is 12.7 Å². The number of amides is 1. The number of ether oxygens (including phenoxy) is 1. The largest absolute Gasteiger partial charge is 0.449 e. The maximum atomic E-state index is 11.9. The molecule has 17 heavy (non-hydrogen) atoms. The van der Waals surface area contributed by atoms with Crippen molar-refractivity contribution in [1.82, 2.24) is 9.03 Å². The van der Waals surface area contributed by atoms with Crippen molar-refractivity contribution >= 4 is 16.3 Å². The third-order valence-electron chi connectivity index (χ3n) is 2.87. The number of carbonyl (C=O) groups excluding carboxylic acids is 1. The minimum absolute atomic E-state index is 0.123. The highest BCUT2D eigenvalue weighted by Gasteiger charge is 2.38. The Morgan fingerprint density at radius 1 is 1.59 bits per heavy atom. The summed E-state index contributed by atoms with van der Waals surface area (Å²) in [5.41, 5.74) is 5.55. The Labute approximate surface area is 101 Å². The molecule has 0 aromatic heterocycles. The summed E-state index contributed by atoms with van der Waals surface area (Å²) in [5, 5.41) is 0. The predicted octanol–water partition coefficient (Wildman–Crippen LogP) is -0.354. The molecule has 1 amide bonds. The molecular weight excluding hydrogens is 246 g/mol. The fourth-order valence-electron chi connectivity index (χ4n) is 1.95. The molecule has 1 heterocycles. The molecule has 1 aliphatic rings. The number of rotatable bonds is 4. The van der Waals surface area contributed by atoms with Crippen molar-refractivity contribution in [3.05, 3.63) is 0 Å². The number of carbonyl (C=O) groups is 1. The van der Waals surface area contributed by atoms with E-state index in [-0.39, 0.29) is 25.1 Å². The molecule has 100 valence electrons. The zero-order valence-electron chi connectivity index (χ0n) is 10.0. The number of nitrogens with two attached hydrogens (primary N) is 1. The van der Waals surface area contributed by atoms with Crippen LogP contribution in [0.15, 0.2) is 0 Å². The smallest absolute Gasteiger partial charge is 0.421 e. The average molecular weight is 265 g/mol. The van der Waals surface area contributed by atoms with Gasteiger partial charge in [-0.3, -0.25) is 0 Å². The van der Waals surface area contributed by atoms with E-state index in [1.54, 1.807) is 6.92 Å². The van der Waals surface area contributed by atoms with Crippen LogP contribution in [0.1, 0.15) is 20.3 Å². The second kappa shape index (κ2) is 5.65. The van der Waals surface area contributed by atoms with Crippen LogP contribution in [0.25, 0.3) is 0 Å². The Bertz CT molecular complexity index is 370. The van der Waals surface area contributed by atoms with Crippen LogP contribution in [0.5, 0.6) is 0 Å². The molecule has 1 saturated heterocycles. The molecule has 1 fully saturated rings. The van der Waals surface area contributed by atoms with Gasteiger partial charge in [-0.25, -0.2) is 9.52 Å². The van der Waals surface area contributed by atoms with Crippen LogP contribution in [0, 0.1) is 5.92 Å². The molecule has 0 radical (unpaired) electrons. The maximum absolute atomic E-state index is 11.9. The van der Waals surface area contributed by atoms with Crippen molar-refractivity contribution in [3.63, 3.8) is 0 Å². The molecule has 0 aromatic carbocycles. The Hall–Kier alpha value is -0.860. The number of hydrogen-bond acceptors (Lipinski definition) is 5. The van der Waals surface area contributed by atoms with Gasteiger partial charge in [0.1, 0.15) is 0 Å². The quantitative estimate of drug-likeness (QED) is 0.723. The van der Waals surface area contributed by atoms with E-state index in [2.05, 4.69) is 4.74 Å². The number of nitrogens with zero attached hydrogens (tertiary/aromatic N) is 1. The fraction of sp³-hybridized carbons (Fsp3) is 0.889. The summed E-state index contributed by atoms with van der Waals surface area (Å²) in [4.78, 5) is 11.1. The van der Waals surface area contributed by atoms with Crippen molar-refractivity contribution in [2.24, 2.45) is 11.7 Å². The lowest BCUT2D eigenvalue weighted by Gasteiger charge is -2.24. The summed E-state index contributed by atoms with van der Waals surface area (Å²) in [7, 11) is -3.85. The van der Waals surface area contributed by atoms with Gasteiger partial charge in [0.05, 0.1) is 6.61 Å². The third kappa shape index (κ3) is 3.30. The summed E-state index contributed by atoms with van der Waals surface area (Å²) in [6, 6.07) is -0.262. The molecule has 0 bridgehead atoms. The Morgan fingerprint density at radius 3 is 2.76 bits per heavy atom. The molecule has 2 unspecified atom stereocenters. The summed E-state index contributed by atoms with van der Waals surface area (Å²) in [5.74, 6) is 0.193. The van der Waals surface area contributed by atoms with Gasteiger partial charge < -0.3 is 10.5 Å². The van der Waals surface area contributed by atoms with Gasteiger partial charge in [0.2, 0.25) is 0 Å². The average Bonchev–Trinajstić information content (AvgIpc) is 2.59. The first-order valence-electron chi connectivity index (χ1n) is 5.58. The second-order valence-corrected chi connectivity index (χ2v) is 5.63. The van der Waals surface area contributed by atoms with Crippen molar-refractivity contribution < 1.29 is 17.9 Å². The van der Waals surface area contributed by atoms with Gasteiger partial charge >= 0.3 is 16.3 Å². The van der Waals surface area contributed by atoms with Gasteiger partial charge in [-0.15, -0.1) is 0 Å². The lowest BCUT2D eigenvalue weighted by molar-refractivity contribution is 0.158. The van der Waals surface area contributed by atoms with Gasteiger partial charge in [0.15, 0.2) is 0 Å². The van der Waals surface area contributed by atoms with E-state index in [1.807, 2.05) is 11.6 Å². The van der Waals surface area contributed by atoms with Crippen LogP contribution in [0.4, 0.5) is 4.79 Å². The van der Waals surface area contributed by atoms with Crippen LogP contribution in [0.3, 0.4) is 0 Å². The lowest BCUT2D eigenvalue weighted by atomic mass is 10.0. The molecule has 7 nitrogen and oxygen atoms in total. The summed E-state index contributed by atoms with van der Waals surface area (Å²) >= 11 is 0. The first-order chi connectivity index (χ1) is 7.92. The lowest BCUT2D eigenvalue weighted by Crippen LogP contribution is -2.49. The molecule has 0 saturated carbocycles. The van der Waals surface area contributed by atoms with E-state index in [0.717, 1.165) is 6.42 Å². The third-order valence-corrected chi connectivity index (χ3v) is 4.36. The Balaban J connectivity index is 2.73. The van der Waals surface area contributed by atoms with E-state index in [0.29, 0.717) is 6.54 Å². The van der Waals surface area contributed by atoms with Gasteiger partial charge in [0.25, 0.3) is 0 Å². The van der Waals surface area contributed by atoms with Crippen LogP contribution in [0.2, 0.25) is 0 Å². The van der Waals surface area contributed by atoms with Crippen molar-refractivity contribution in [2.75, 3.05) is 19.7 Å². The van der Waals surface area contributed by atoms with Crippen LogP contribution in [-0.4, -0.2) is 44.6 Å². The summed E-state index contributed by atoms with van der Waals surface area (Å²) in [6.45, 7) is 4.28. The fourth-order valence-corrected chi connectivity index (χ4v) is 3.33. The van der Waals surface area contributed by atoms with E-state index < -0.39 is 16.3 Å². The highest BCUT2D eigenvalue weighted by Crippen LogP contribution is 2.25. The Kier molecular flexibility index (Phi) is 4.72. The topological polar surface area (TPSA) is 102 Å². The van der Waals surface area contributed by atoms with Crippen molar-refractivity contribution in [2.45, 2.75) is 26.3 Å². The van der Waals surface area contributed by atoms with Gasteiger partial charge in [-0.05, 0) is 19.3 Å². The molecule has 1 rings (SSSR count). The monoisotopic (exact) mass is 265 g/mol. The van der Waals surface area contributed by atoms with Crippen LogP contribution < -0.4 is 10.5 Å². The van der Waals surface area contributed by atoms with E-state index in [4.69, 9.17) is 5.73 Å². The van der Waals surface area contributed by atoms with E-state index >= 15 is 0 Å². The molecule has 2 atom stereocenters. The number of hydrogen-bond donors (Lipinski definition) is 2. The summed E-state index contributed by atoms with van der Waals surface area (Å²) in [6.07, 6.45) is -0.214. The highest BCUT2D eigenvalue weighted by molar-refractivity contribution is 7.87. The van der Waals surface area contributed by atoms with Crippen molar-refractivity contribution in [3.8, 4) is 0 Å². The highest BCUT2D eigenvalue weighted by atomic mass is 32.2. The summed E-state index contributed by atoms with van der Waals surface area (Å²) < 4.78 is 31.4.